The predicted octanol–water partition coefficient (Wildman–Crippen LogP) is 2.78. The molecule has 1 aromatic carbocycles. The van der Waals surface area contributed by atoms with Crippen molar-refractivity contribution in [2.45, 2.75) is 18.8 Å². The van der Waals surface area contributed by atoms with Crippen LogP contribution in [0.5, 0.6) is 5.75 Å². The van der Waals surface area contributed by atoms with Gasteiger partial charge in [-0.1, -0.05) is 5.16 Å². The Morgan fingerprint density at radius 2 is 2.11 bits per heavy atom. The van der Waals surface area contributed by atoms with Crippen LogP contribution in [-0.2, 0) is 0 Å². The van der Waals surface area contributed by atoms with E-state index in [4.69, 9.17) is 9.26 Å². The highest BCUT2D eigenvalue weighted by Crippen LogP contribution is 2.36. The molecule has 3 rings (SSSR count). The molecule has 2 heterocycles. The minimum absolute atomic E-state index is 0.143. The average Bonchev–Trinajstić information content (AvgIpc) is 2.83. The third kappa shape index (κ3) is 2.08. The number of likely N-dealkylation sites (tertiary alicyclic amines) is 1. The summed E-state index contributed by atoms with van der Waals surface area (Å²) < 4.78 is 24.0. The Balaban J connectivity index is 2.01. The molecule has 0 saturated carbocycles. The second-order valence-corrected chi connectivity index (χ2v) is 5.10. The van der Waals surface area contributed by atoms with Gasteiger partial charge in [0.1, 0.15) is 0 Å². The van der Waals surface area contributed by atoms with Crippen molar-refractivity contribution in [2.75, 3.05) is 27.2 Å². The van der Waals surface area contributed by atoms with E-state index >= 15 is 0 Å². The van der Waals surface area contributed by atoms with Gasteiger partial charge in [0, 0.05) is 11.3 Å². The molecule has 102 valence electrons. The number of ether oxygens (including phenoxy) is 1. The van der Waals surface area contributed by atoms with Crippen molar-refractivity contribution < 1.29 is 13.7 Å². The second-order valence-electron chi connectivity index (χ2n) is 5.10. The SMILES string of the molecule is COc1c(F)ccc2c(C3CCN(C)CC3)noc12. The number of methoxy groups -OCH3 is 1. The van der Waals surface area contributed by atoms with Crippen LogP contribution in [-0.4, -0.2) is 37.3 Å². The fraction of sp³-hybridized carbons (Fsp3) is 0.500. The van der Waals surface area contributed by atoms with Crippen LogP contribution in [0.15, 0.2) is 16.7 Å². The lowest BCUT2D eigenvalue weighted by Crippen LogP contribution is -2.29. The Morgan fingerprint density at radius 3 is 2.79 bits per heavy atom. The summed E-state index contributed by atoms with van der Waals surface area (Å²) in [4.78, 5) is 2.30. The normalized spacial score (nSPS) is 18.1. The van der Waals surface area contributed by atoms with E-state index in [2.05, 4.69) is 17.1 Å². The number of fused-ring (bicyclic) bond motifs is 1. The van der Waals surface area contributed by atoms with Gasteiger partial charge in [0.15, 0.2) is 5.82 Å². The van der Waals surface area contributed by atoms with Gasteiger partial charge in [-0.3, -0.25) is 0 Å². The summed E-state index contributed by atoms with van der Waals surface area (Å²) in [6, 6.07) is 3.15. The van der Waals surface area contributed by atoms with Crippen LogP contribution in [0.3, 0.4) is 0 Å². The van der Waals surface area contributed by atoms with Gasteiger partial charge in [-0.2, -0.15) is 0 Å². The van der Waals surface area contributed by atoms with Crippen molar-refractivity contribution in [3.63, 3.8) is 0 Å². The fourth-order valence-electron chi connectivity index (χ4n) is 2.74. The maximum atomic E-state index is 13.6. The quantitative estimate of drug-likeness (QED) is 0.836. The zero-order chi connectivity index (χ0) is 13.4. The third-order valence-electron chi connectivity index (χ3n) is 3.88. The van der Waals surface area contributed by atoms with Crippen LogP contribution in [0.4, 0.5) is 4.39 Å². The first kappa shape index (κ1) is 12.4. The molecule has 19 heavy (non-hydrogen) atoms. The minimum Gasteiger partial charge on any atom is -0.490 e. The van der Waals surface area contributed by atoms with Crippen molar-refractivity contribution in [3.05, 3.63) is 23.6 Å². The van der Waals surface area contributed by atoms with E-state index < -0.39 is 5.82 Å². The molecule has 0 amide bonds. The monoisotopic (exact) mass is 264 g/mol. The summed E-state index contributed by atoms with van der Waals surface area (Å²) in [6.07, 6.45) is 2.11. The van der Waals surface area contributed by atoms with Gasteiger partial charge in [-0.05, 0) is 45.1 Å². The molecule has 1 aliphatic rings. The number of benzene rings is 1. The van der Waals surface area contributed by atoms with Gasteiger partial charge in [0.2, 0.25) is 11.3 Å². The standard InChI is InChI=1S/C14H17FN2O2/c1-17-7-5-9(6-8-17)12-10-3-4-11(15)14(18-2)13(10)19-16-12/h3-4,9H,5-8H2,1-2H3. The lowest BCUT2D eigenvalue weighted by atomic mass is 9.92. The van der Waals surface area contributed by atoms with E-state index in [1.165, 1.54) is 13.2 Å². The van der Waals surface area contributed by atoms with Crippen LogP contribution in [0.2, 0.25) is 0 Å². The number of hydrogen-bond donors (Lipinski definition) is 0. The molecule has 2 aromatic rings. The first-order valence-corrected chi connectivity index (χ1v) is 6.51. The van der Waals surface area contributed by atoms with E-state index in [0.29, 0.717) is 11.5 Å². The van der Waals surface area contributed by atoms with Crippen LogP contribution >= 0.6 is 0 Å². The maximum Gasteiger partial charge on any atom is 0.211 e. The molecule has 0 unspecified atom stereocenters. The van der Waals surface area contributed by atoms with E-state index in [1.54, 1.807) is 6.07 Å². The van der Waals surface area contributed by atoms with Crippen molar-refractivity contribution in [2.24, 2.45) is 0 Å². The molecular weight excluding hydrogens is 247 g/mol. The lowest BCUT2D eigenvalue weighted by molar-refractivity contribution is 0.250. The zero-order valence-electron chi connectivity index (χ0n) is 11.1. The van der Waals surface area contributed by atoms with Gasteiger partial charge >= 0.3 is 0 Å². The Labute approximate surface area is 111 Å². The molecule has 0 bridgehead atoms. The molecule has 1 aliphatic heterocycles. The fourth-order valence-corrected chi connectivity index (χ4v) is 2.74. The van der Waals surface area contributed by atoms with Crippen molar-refractivity contribution in [1.29, 1.82) is 0 Å². The topological polar surface area (TPSA) is 38.5 Å². The minimum atomic E-state index is -0.416. The van der Waals surface area contributed by atoms with Gasteiger partial charge in [-0.15, -0.1) is 0 Å². The summed E-state index contributed by atoms with van der Waals surface area (Å²) in [5, 5.41) is 5.02. The van der Waals surface area contributed by atoms with Gasteiger partial charge in [-0.25, -0.2) is 4.39 Å². The molecular formula is C14H17FN2O2. The van der Waals surface area contributed by atoms with Gasteiger partial charge in [0.25, 0.3) is 0 Å². The number of aromatic nitrogens is 1. The van der Waals surface area contributed by atoms with Crippen molar-refractivity contribution >= 4 is 11.0 Å². The van der Waals surface area contributed by atoms with Gasteiger partial charge in [0.05, 0.1) is 12.8 Å². The highest BCUT2D eigenvalue weighted by atomic mass is 19.1. The summed E-state index contributed by atoms with van der Waals surface area (Å²) in [7, 11) is 3.56. The maximum absolute atomic E-state index is 13.6. The first-order valence-electron chi connectivity index (χ1n) is 6.51. The third-order valence-corrected chi connectivity index (χ3v) is 3.88. The Hall–Kier alpha value is -1.62. The number of rotatable bonds is 2. The molecule has 0 atom stereocenters. The second kappa shape index (κ2) is 4.81. The van der Waals surface area contributed by atoms with Gasteiger partial charge < -0.3 is 14.2 Å². The van der Waals surface area contributed by atoms with Crippen LogP contribution in [0, 0.1) is 5.82 Å². The molecule has 1 saturated heterocycles. The lowest BCUT2D eigenvalue weighted by Gasteiger charge is -2.27. The number of halogens is 1. The zero-order valence-corrected chi connectivity index (χ0v) is 11.1. The molecule has 1 aromatic heterocycles. The molecule has 0 radical (unpaired) electrons. The molecule has 0 N–H and O–H groups in total. The smallest absolute Gasteiger partial charge is 0.211 e. The molecule has 5 heteroatoms. The summed E-state index contributed by atoms with van der Waals surface area (Å²) in [5.41, 5.74) is 1.35. The Morgan fingerprint density at radius 1 is 1.37 bits per heavy atom. The molecule has 0 spiro atoms. The summed E-state index contributed by atoms with van der Waals surface area (Å²) in [6.45, 7) is 2.11. The number of piperidine rings is 1. The van der Waals surface area contributed by atoms with Crippen LogP contribution in [0.25, 0.3) is 11.0 Å². The Bertz CT molecular complexity index is 588. The highest BCUT2D eigenvalue weighted by Gasteiger charge is 2.25. The van der Waals surface area contributed by atoms with Crippen LogP contribution < -0.4 is 4.74 Å². The first-order chi connectivity index (χ1) is 9.20. The van der Waals surface area contributed by atoms with Crippen LogP contribution in [0.1, 0.15) is 24.5 Å². The van der Waals surface area contributed by atoms with E-state index in [9.17, 15) is 4.39 Å². The molecule has 4 nitrogen and oxygen atoms in total. The molecule has 1 fully saturated rings. The van der Waals surface area contributed by atoms with Crippen molar-refractivity contribution in [1.82, 2.24) is 10.1 Å². The number of hydrogen-bond acceptors (Lipinski definition) is 4. The average molecular weight is 264 g/mol. The summed E-state index contributed by atoms with van der Waals surface area (Å²) in [5.74, 6) is 0.109. The number of nitrogens with zero attached hydrogens (tertiary/aromatic N) is 2. The highest BCUT2D eigenvalue weighted by molar-refractivity contribution is 5.85. The predicted molar refractivity (Wildman–Crippen MR) is 70.0 cm³/mol. The van der Waals surface area contributed by atoms with E-state index in [-0.39, 0.29) is 5.75 Å². The largest absolute Gasteiger partial charge is 0.490 e. The van der Waals surface area contributed by atoms with Crippen molar-refractivity contribution in [3.8, 4) is 5.75 Å². The molecule has 0 aliphatic carbocycles. The summed E-state index contributed by atoms with van der Waals surface area (Å²) >= 11 is 0. The Kier molecular flexibility index (Phi) is 3.14. The van der Waals surface area contributed by atoms with E-state index in [0.717, 1.165) is 37.0 Å². The van der Waals surface area contributed by atoms with E-state index in [1.807, 2.05) is 0 Å².